The van der Waals surface area contributed by atoms with Gasteiger partial charge in [0.1, 0.15) is 11.2 Å². The van der Waals surface area contributed by atoms with E-state index in [1.54, 1.807) is 6.07 Å². The number of nitrogens with zero attached hydrogens (tertiary/aromatic N) is 4. The van der Waals surface area contributed by atoms with E-state index < -0.39 is 0 Å². The van der Waals surface area contributed by atoms with Gasteiger partial charge in [0.15, 0.2) is 0 Å². The van der Waals surface area contributed by atoms with Crippen molar-refractivity contribution in [1.29, 1.82) is 5.26 Å². The molecule has 0 radical (unpaired) electrons. The lowest BCUT2D eigenvalue weighted by Gasteiger charge is -2.14. The van der Waals surface area contributed by atoms with Crippen LogP contribution in [-0.4, -0.2) is 15.0 Å². The quantitative estimate of drug-likeness (QED) is 0.218. The van der Waals surface area contributed by atoms with Crippen molar-refractivity contribution < 1.29 is 4.42 Å². The van der Waals surface area contributed by atoms with Gasteiger partial charge in [0, 0.05) is 33.0 Å². The summed E-state index contributed by atoms with van der Waals surface area (Å²) in [5, 5.41) is 11.7. The molecule has 0 spiro atoms. The molecule has 0 N–H and O–H groups in total. The fraction of sp³-hybridized carbons (Fsp3) is 0. The van der Waals surface area contributed by atoms with E-state index in [1.165, 1.54) is 0 Å². The second-order valence-corrected chi connectivity index (χ2v) is 10.4. The Morgan fingerprint density at radius 3 is 1.98 bits per heavy atom. The number of nitriles is 1. The minimum absolute atomic E-state index is 0.567. The maximum absolute atomic E-state index is 9.63. The van der Waals surface area contributed by atoms with Crippen LogP contribution in [0.4, 0.5) is 0 Å². The van der Waals surface area contributed by atoms with Crippen molar-refractivity contribution in [1.82, 2.24) is 15.0 Å². The standard InChI is InChI=1S/C38H22N4O/c39-23-24-10-8-13-26(20-24)37-38(42-31-17-6-5-16-30(31)41-37)27-21-32(25-11-2-1-3-12-25)40-33(22-27)28-15-9-19-35-36(28)29-14-4-7-18-34(29)43-35/h1-22H. The van der Waals surface area contributed by atoms with Gasteiger partial charge in [-0.3, -0.25) is 0 Å². The third kappa shape index (κ3) is 4.30. The zero-order chi connectivity index (χ0) is 28.8. The number of rotatable bonds is 4. The van der Waals surface area contributed by atoms with Gasteiger partial charge in [-0.1, -0.05) is 84.9 Å². The number of pyridine rings is 1. The Kier molecular flexibility index (Phi) is 5.77. The highest BCUT2D eigenvalue weighted by Crippen LogP contribution is 2.39. The van der Waals surface area contributed by atoms with Crippen molar-refractivity contribution in [2.45, 2.75) is 0 Å². The van der Waals surface area contributed by atoms with E-state index in [0.29, 0.717) is 11.3 Å². The maximum atomic E-state index is 9.63. The molecule has 0 saturated carbocycles. The number of fused-ring (bicyclic) bond motifs is 4. The molecular weight excluding hydrogens is 528 g/mol. The number of hydrogen-bond donors (Lipinski definition) is 0. The largest absolute Gasteiger partial charge is 0.456 e. The van der Waals surface area contributed by atoms with E-state index in [-0.39, 0.29) is 0 Å². The number of benzene rings is 5. The summed E-state index contributed by atoms with van der Waals surface area (Å²) in [4.78, 5) is 15.4. The van der Waals surface area contributed by atoms with Gasteiger partial charge < -0.3 is 4.42 Å². The molecule has 200 valence electrons. The topological polar surface area (TPSA) is 75.6 Å². The summed E-state index contributed by atoms with van der Waals surface area (Å²) in [5.74, 6) is 0. The van der Waals surface area contributed by atoms with Crippen LogP contribution >= 0.6 is 0 Å². The molecule has 0 atom stereocenters. The van der Waals surface area contributed by atoms with Gasteiger partial charge in [-0.2, -0.15) is 5.26 Å². The number of furan rings is 1. The highest BCUT2D eigenvalue weighted by molar-refractivity contribution is 6.12. The van der Waals surface area contributed by atoms with Crippen LogP contribution in [0.2, 0.25) is 0 Å². The first-order valence-corrected chi connectivity index (χ1v) is 14.0. The summed E-state index contributed by atoms with van der Waals surface area (Å²) in [7, 11) is 0. The number of aromatic nitrogens is 3. The van der Waals surface area contributed by atoms with Crippen LogP contribution in [0.3, 0.4) is 0 Å². The average molecular weight is 551 g/mol. The first-order chi connectivity index (χ1) is 21.2. The van der Waals surface area contributed by atoms with E-state index in [1.807, 2.05) is 91.0 Å². The molecule has 3 aromatic heterocycles. The van der Waals surface area contributed by atoms with E-state index >= 15 is 0 Å². The average Bonchev–Trinajstić information content (AvgIpc) is 3.47. The Hall–Kier alpha value is -6.12. The van der Waals surface area contributed by atoms with Crippen molar-refractivity contribution in [3.8, 4) is 51.1 Å². The van der Waals surface area contributed by atoms with Crippen molar-refractivity contribution >= 4 is 33.0 Å². The molecular formula is C38H22N4O. The Bertz CT molecular complexity index is 2370. The van der Waals surface area contributed by atoms with Crippen LogP contribution in [-0.2, 0) is 0 Å². The lowest BCUT2D eigenvalue weighted by molar-refractivity contribution is 0.669. The number of hydrogen-bond acceptors (Lipinski definition) is 5. The predicted octanol–water partition coefficient (Wildman–Crippen LogP) is 9.46. The summed E-state index contributed by atoms with van der Waals surface area (Å²) >= 11 is 0. The van der Waals surface area contributed by atoms with E-state index in [9.17, 15) is 5.26 Å². The molecule has 0 unspecified atom stereocenters. The summed E-state index contributed by atoms with van der Waals surface area (Å²) in [5.41, 5.74) is 10.5. The summed E-state index contributed by atoms with van der Waals surface area (Å²) in [6, 6.07) is 46.1. The molecule has 3 heterocycles. The molecule has 8 rings (SSSR count). The molecule has 5 nitrogen and oxygen atoms in total. The molecule has 0 fully saturated rings. The Labute approximate surface area is 247 Å². The second kappa shape index (κ2) is 10.1. The first kappa shape index (κ1) is 24.7. The lowest BCUT2D eigenvalue weighted by atomic mass is 9.97. The molecule has 0 bridgehead atoms. The molecule has 0 aliphatic carbocycles. The molecule has 0 aliphatic heterocycles. The van der Waals surface area contributed by atoms with Gasteiger partial charge in [0.25, 0.3) is 0 Å². The minimum atomic E-state index is 0.567. The van der Waals surface area contributed by atoms with E-state index in [4.69, 9.17) is 19.4 Å². The van der Waals surface area contributed by atoms with Crippen LogP contribution in [0.1, 0.15) is 5.56 Å². The van der Waals surface area contributed by atoms with Crippen LogP contribution in [0.5, 0.6) is 0 Å². The zero-order valence-electron chi connectivity index (χ0n) is 22.9. The zero-order valence-corrected chi connectivity index (χ0v) is 22.9. The third-order valence-corrected chi connectivity index (χ3v) is 7.68. The van der Waals surface area contributed by atoms with Gasteiger partial charge in [0.05, 0.1) is 45.4 Å². The van der Waals surface area contributed by atoms with Crippen LogP contribution in [0, 0.1) is 11.3 Å². The molecule has 8 aromatic rings. The molecule has 5 heteroatoms. The van der Waals surface area contributed by atoms with Gasteiger partial charge in [-0.25, -0.2) is 15.0 Å². The fourth-order valence-electron chi connectivity index (χ4n) is 5.69. The lowest BCUT2D eigenvalue weighted by Crippen LogP contribution is -1.98. The highest BCUT2D eigenvalue weighted by atomic mass is 16.3. The molecule has 0 saturated heterocycles. The molecule has 0 aliphatic rings. The SMILES string of the molecule is N#Cc1cccc(-c2nc3ccccc3nc2-c2cc(-c3ccccc3)nc(-c3cccc4oc5ccccc5c34)c2)c1. The molecule has 5 aromatic carbocycles. The minimum Gasteiger partial charge on any atom is -0.456 e. The van der Waals surface area contributed by atoms with Gasteiger partial charge in [0.2, 0.25) is 0 Å². The van der Waals surface area contributed by atoms with Crippen molar-refractivity contribution in [3.05, 3.63) is 139 Å². The summed E-state index contributed by atoms with van der Waals surface area (Å²) in [6.07, 6.45) is 0. The van der Waals surface area contributed by atoms with Gasteiger partial charge >= 0.3 is 0 Å². The Morgan fingerprint density at radius 2 is 1.16 bits per heavy atom. The summed E-state index contributed by atoms with van der Waals surface area (Å²) in [6.45, 7) is 0. The third-order valence-electron chi connectivity index (χ3n) is 7.68. The molecule has 0 amide bonds. The smallest absolute Gasteiger partial charge is 0.136 e. The first-order valence-electron chi connectivity index (χ1n) is 14.0. The van der Waals surface area contributed by atoms with Crippen molar-refractivity contribution in [3.63, 3.8) is 0 Å². The number of para-hydroxylation sites is 3. The van der Waals surface area contributed by atoms with E-state index in [0.717, 1.165) is 72.3 Å². The van der Waals surface area contributed by atoms with Crippen molar-refractivity contribution in [2.24, 2.45) is 0 Å². The summed E-state index contributed by atoms with van der Waals surface area (Å²) < 4.78 is 6.21. The molecule has 43 heavy (non-hydrogen) atoms. The monoisotopic (exact) mass is 550 g/mol. The van der Waals surface area contributed by atoms with E-state index in [2.05, 4.69) is 42.5 Å². The van der Waals surface area contributed by atoms with Crippen molar-refractivity contribution in [2.75, 3.05) is 0 Å². The highest BCUT2D eigenvalue weighted by Gasteiger charge is 2.19. The van der Waals surface area contributed by atoms with Crippen LogP contribution in [0.15, 0.2) is 138 Å². The fourth-order valence-corrected chi connectivity index (χ4v) is 5.69. The maximum Gasteiger partial charge on any atom is 0.136 e. The van der Waals surface area contributed by atoms with Crippen LogP contribution < -0.4 is 0 Å². The van der Waals surface area contributed by atoms with Gasteiger partial charge in [-0.15, -0.1) is 0 Å². The van der Waals surface area contributed by atoms with Gasteiger partial charge in [-0.05, 0) is 48.5 Å². The van der Waals surface area contributed by atoms with Crippen LogP contribution in [0.25, 0.3) is 78.0 Å². The normalized spacial score (nSPS) is 11.2. The Morgan fingerprint density at radius 1 is 0.512 bits per heavy atom. The Balaban J connectivity index is 1.45. The predicted molar refractivity (Wildman–Crippen MR) is 171 cm³/mol. The second-order valence-electron chi connectivity index (χ2n) is 10.4.